The van der Waals surface area contributed by atoms with Crippen LogP contribution in [0.25, 0.3) is 0 Å². The van der Waals surface area contributed by atoms with Crippen LogP contribution in [0.5, 0.6) is 0 Å². The first-order valence-corrected chi connectivity index (χ1v) is 7.70. The fourth-order valence-electron chi connectivity index (χ4n) is 1.84. The second-order valence-corrected chi connectivity index (χ2v) is 6.00. The lowest BCUT2D eigenvalue weighted by Crippen LogP contribution is -2.10. The van der Waals surface area contributed by atoms with Gasteiger partial charge in [0.15, 0.2) is 0 Å². The summed E-state index contributed by atoms with van der Waals surface area (Å²) in [5.74, 6) is -0.0699. The van der Waals surface area contributed by atoms with Gasteiger partial charge in [-0.25, -0.2) is 0 Å². The summed E-state index contributed by atoms with van der Waals surface area (Å²) in [4.78, 5) is 11.2. The van der Waals surface area contributed by atoms with Crippen molar-refractivity contribution in [2.75, 3.05) is 10.6 Å². The average Bonchev–Trinajstić information content (AvgIpc) is 2.39. The summed E-state index contributed by atoms with van der Waals surface area (Å²) in [7, 11) is 0. The van der Waals surface area contributed by atoms with Crippen LogP contribution in [0.4, 0.5) is 11.4 Å². The zero-order valence-electron chi connectivity index (χ0n) is 10.9. The van der Waals surface area contributed by atoms with Crippen molar-refractivity contribution in [3.63, 3.8) is 0 Å². The van der Waals surface area contributed by atoms with E-state index >= 15 is 0 Å². The van der Waals surface area contributed by atoms with Gasteiger partial charge in [-0.1, -0.05) is 24.3 Å². The zero-order valence-corrected chi connectivity index (χ0v) is 14.1. The van der Waals surface area contributed by atoms with E-state index in [-0.39, 0.29) is 5.91 Å². The number of amides is 1. The molecule has 20 heavy (non-hydrogen) atoms. The predicted octanol–water partition coefficient (Wildman–Crippen LogP) is 4.78. The van der Waals surface area contributed by atoms with Gasteiger partial charge >= 0.3 is 0 Å². The molecule has 0 spiro atoms. The number of hydrogen-bond acceptors (Lipinski definition) is 2. The summed E-state index contributed by atoms with van der Waals surface area (Å²) in [6.07, 6.45) is 0. The SMILES string of the molecule is CC(=O)Nc1ccccc1CNc1c(Br)cccc1Br. The van der Waals surface area contributed by atoms with Crippen LogP contribution < -0.4 is 10.6 Å². The minimum atomic E-state index is -0.0699. The van der Waals surface area contributed by atoms with E-state index in [2.05, 4.69) is 42.5 Å². The van der Waals surface area contributed by atoms with E-state index in [0.717, 1.165) is 25.9 Å². The van der Waals surface area contributed by atoms with Gasteiger partial charge in [-0.05, 0) is 55.6 Å². The molecule has 0 fully saturated rings. The van der Waals surface area contributed by atoms with Gasteiger partial charge in [0.25, 0.3) is 0 Å². The van der Waals surface area contributed by atoms with Gasteiger partial charge in [-0.2, -0.15) is 0 Å². The lowest BCUT2D eigenvalue weighted by Gasteiger charge is -2.13. The smallest absolute Gasteiger partial charge is 0.221 e. The number of halogens is 2. The lowest BCUT2D eigenvalue weighted by molar-refractivity contribution is -0.114. The highest BCUT2D eigenvalue weighted by atomic mass is 79.9. The Kier molecular flexibility index (Phi) is 5.20. The van der Waals surface area contributed by atoms with Crippen molar-refractivity contribution in [3.05, 3.63) is 57.0 Å². The Bertz CT molecular complexity index is 609. The van der Waals surface area contributed by atoms with Crippen molar-refractivity contribution in [1.29, 1.82) is 0 Å². The summed E-state index contributed by atoms with van der Waals surface area (Å²) < 4.78 is 1.98. The number of carbonyl (C=O) groups excluding carboxylic acids is 1. The number of carbonyl (C=O) groups is 1. The number of hydrogen-bond donors (Lipinski definition) is 2. The Morgan fingerprint density at radius 2 is 1.70 bits per heavy atom. The fourth-order valence-corrected chi connectivity index (χ4v) is 3.12. The van der Waals surface area contributed by atoms with Crippen LogP contribution in [-0.4, -0.2) is 5.91 Å². The topological polar surface area (TPSA) is 41.1 Å². The standard InChI is InChI=1S/C15H14Br2N2O/c1-10(20)19-14-8-3-2-5-11(14)9-18-15-12(16)6-4-7-13(15)17/h2-8,18H,9H2,1H3,(H,19,20). The van der Waals surface area contributed by atoms with E-state index in [1.165, 1.54) is 6.92 Å². The first kappa shape index (κ1) is 15.1. The van der Waals surface area contributed by atoms with Crippen LogP contribution in [0.15, 0.2) is 51.4 Å². The molecule has 0 saturated carbocycles. The van der Waals surface area contributed by atoms with Gasteiger partial charge in [-0.15, -0.1) is 0 Å². The second-order valence-electron chi connectivity index (χ2n) is 4.29. The molecular weight excluding hydrogens is 384 g/mol. The molecule has 2 aromatic carbocycles. The third-order valence-corrected chi connectivity index (χ3v) is 4.07. The summed E-state index contributed by atoms with van der Waals surface area (Å²) in [5.41, 5.74) is 2.85. The van der Waals surface area contributed by atoms with E-state index in [9.17, 15) is 4.79 Å². The molecule has 0 unspecified atom stereocenters. The second kappa shape index (κ2) is 6.90. The molecule has 0 bridgehead atoms. The predicted molar refractivity (Wildman–Crippen MR) is 89.9 cm³/mol. The molecule has 0 aromatic heterocycles. The number of nitrogens with one attached hydrogen (secondary N) is 2. The maximum atomic E-state index is 11.2. The first-order chi connectivity index (χ1) is 9.58. The monoisotopic (exact) mass is 396 g/mol. The fraction of sp³-hybridized carbons (Fsp3) is 0.133. The van der Waals surface area contributed by atoms with Gasteiger partial charge in [-0.3, -0.25) is 4.79 Å². The Labute approximate surface area is 135 Å². The highest BCUT2D eigenvalue weighted by Gasteiger charge is 2.06. The molecule has 5 heteroatoms. The van der Waals surface area contributed by atoms with Crippen LogP contribution in [0.2, 0.25) is 0 Å². The van der Waals surface area contributed by atoms with Crippen molar-refractivity contribution >= 4 is 49.1 Å². The highest BCUT2D eigenvalue weighted by molar-refractivity contribution is 9.11. The van der Waals surface area contributed by atoms with Crippen molar-refractivity contribution in [3.8, 4) is 0 Å². The summed E-state index contributed by atoms with van der Waals surface area (Å²) in [6.45, 7) is 2.13. The van der Waals surface area contributed by atoms with Gasteiger partial charge in [0, 0.05) is 28.1 Å². The maximum Gasteiger partial charge on any atom is 0.221 e. The summed E-state index contributed by atoms with van der Waals surface area (Å²) in [5, 5.41) is 6.20. The maximum absolute atomic E-state index is 11.2. The number of benzene rings is 2. The van der Waals surface area contributed by atoms with E-state index in [1.807, 2.05) is 42.5 Å². The van der Waals surface area contributed by atoms with E-state index in [0.29, 0.717) is 6.54 Å². The van der Waals surface area contributed by atoms with Crippen molar-refractivity contribution in [2.45, 2.75) is 13.5 Å². The normalized spacial score (nSPS) is 10.2. The van der Waals surface area contributed by atoms with E-state index in [4.69, 9.17) is 0 Å². The Morgan fingerprint density at radius 1 is 1.05 bits per heavy atom. The molecule has 0 aliphatic heterocycles. The third-order valence-electron chi connectivity index (χ3n) is 2.75. The molecule has 2 N–H and O–H groups in total. The quantitative estimate of drug-likeness (QED) is 0.779. The van der Waals surface area contributed by atoms with Crippen LogP contribution in [0.3, 0.4) is 0 Å². The molecule has 2 rings (SSSR count). The zero-order chi connectivity index (χ0) is 14.5. The molecular formula is C15H14Br2N2O. The number of rotatable bonds is 4. The lowest BCUT2D eigenvalue weighted by atomic mass is 10.1. The average molecular weight is 398 g/mol. The molecule has 0 radical (unpaired) electrons. The van der Waals surface area contributed by atoms with E-state index in [1.54, 1.807) is 0 Å². The first-order valence-electron chi connectivity index (χ1n) is 6.11. The molecule has 1 amide bonds. The minimum Gasteiger partial charge on any atom is -0.379 e. The van der Waals surface area contributed by atoms with Crippen LogP contribution in [0.1, 0.15) is 12.5 Å². The van der Waals surface area contributed by atoms with E-state index < -0.39 is 0 Å². The summed E-state index contributed by atoms with van der Waals surface area (Å²) >= 11 is 7.03. The molecule has 0 atom stereocenters. The van der Waals surface area contributed by atoms with Gasteiger partial charge in [0.05, 0.1) is 5.69 Å². The van der Waals surface area contributed by atoms with Crippen LogP contribution in [0, 0.1) is 0 Å². The van der Waals surface area contributed by atoms with Crippen LogP contribution in [-0.2, 0) is 11.3 Å². The summed E-state index contributed by atoms with van der Waals surface area (Å²) in [6, 6.07) is 13.7. The number of anilines is 2. The largest absolute Gasteiger partial charge is 0.379 e. The molecule has 3 nitrogen and oxygen atoms in total. The molecule has 0 aliphatic carbocycles. The van der Waals surface area contributed by atoms with Gasteiger partial charge in [0.1, 0.15) is 0 Å². The Hall–Kier alpha value is -1.33. The van der Waals surface area contributed by atoms with Gasteiger partial charge in [0.2, 0.25) is 5.91 Å². The van der Waals surface area contributed by atoms with Crippen molar-refractivity contribution in [2.24, 2.45) is 0 Å². The molecule has 104 valence electrons. The molecule has 0 aliphatic rings. The molecule has 0 saturated heterocycles. The van der Waals surface area contributed by atoms with Gasteiger partial charge < -0.3 is 10.6 Å². The molecule has 2 aromatic rings. The van der Waals surface area contributed by atoms with Crippen LogP contribution >= 0.6 is 31.9 Å². The Morgan fingerprint density at radius 3 is 2.35 bits per heavy atom. The number of para-hydroxylation sites is 2. The van der Waals surface area contributed by atoms with Crippen molar-refractivity contribution in [1.82, 2.24) is 0 Å². The Balaban J connectivity index is 2.17. The van der Waals surface area contributed by atoms with Crippen molar-refractivity contribution < 1.29 is 4.79 Å². The third kappa shape index (κ3) is 3.84. The highest BCUT2D eigenvalue weighted by Crippen LogP contribution is 2.31. The molecule has 0 heterocycles. The minimum absolute atomic E-state index is 0.0699.